The van der Waals surface area contributed by atoms with Crippen LogP contribution in [0.15, 0.2) is 58.5 Å². The predicted molar refractivity (Wildman–Crippen MR) is 105 cm³/mol. The fraction of sp³-hybridized carbons (Fsp3) is 0.286. The van der Waals surface area contributed by atoms with Crippen LogP contribution in [-0.2, 0) is 0 Å². The molecule has 3 N–H and O–H groups in total. The first kappa shape index (κ1) is 18.9. The van der Waals surface area contributed by atoms with E-state index in [1.54, 1.807) is 30.3 Å². The minimum atomic E-state index is -1.01. The smallest absolute Gasteiger partial charge is 0.252 e. The summed E-state index contributed by atoms with van der Waals surface area (Å²) >= 11 is 0. The van der Waals surface area contributed by atoms with Gasteiger partial charge in [-0.25, -0.2) is 4.99 Å². The molecule has 0 fully saturated rings. The molecular formula is C21H23N3O3. The highest BCUT2D eigenvalue weighted by molar-refractivity contribution is 6.12. The van der Waals surface area contributed by atoms with Crippen LogP contribution in [-0.4, -0.2) is 47.4 Å². The Balaban J connectivity index is 1.85. The number of nitrogens with one attached hydrogen (secondary N) is 1. The van der Waals surface area contributed by atoms with Gasteiger partial charge in [-0.3, -0.25) is 9.79 Å². The zero-order valence-electron chi connectivity index (χ0n) is 15.2. The molecule has 0 spiro atoms. The minimum absolute atomic E-state index is 0.357. The van der Waals surface area contributed by atoms with Crippen LogP contribution < -0.4 is 5.32 Å². The van der Waals surface area contributed by atoms with Crippen LogP contribution in [0.25, 0.3) is 0 Å². The number of aliphatic imine (C=N–C) groups is 2. The third kappa shape index (κ3) is 4.48. The lowest BCUT2D eigenvalue weighted by atomic mass is 9.96. The summed E-state index contributed by atoms with van der Waals surface area (Å²) in [6.07, 6.45) is 1.17. The average molecular weight is 365 g/mol. The molecule has 6 nitrogen and oxygen atoms in total. The Bertz CT molecular complexity index is 862. The number of carbonyl (C=O) groups excluding carboxylic acids is 1. The van der Waals surface area contributed by atoms with E-state index in [9.17, 15) is 15.0 Å². The van der Waals surface area contributed by atoms with Crippen LogP contribution in [0.5, 0.6) is 0 Å². The average Bonchev–Trinajstić information content (AvgIpc) is 2.72. The maximum Gasteiger partial charge on any atom is 0.252 e. The highest BCUT2D eigenvalue weighted by atomic mass is 16.3. The predicted octanol–water partition coefficient (Wildman–Crippen LogP) is 2.04. The lowest BCUT2D eigenvalue weighted by Crippen LogP contribution is -2.42. The van der Waals surface area contributed by atoms with E-state index in [1.165, 1.54) is 6.34 Å². The van der Waals surface area contributed by atoms with Crippen molar-refractivity contribution < 1.29 is 15.0 Å². The van der Waals surface area contributed by atoms with E-state index >= 15 is 0 Å². The van der Waals surface area contributed by atoms with Gasteiger partial charge in [-0.1, -0.05) is 42.0 Å². The van der Waals surface area contributed by atoms with Crippen LogP contribution in [0.4, 0.5) is 0 Å². The maximum absolute atomic E-state index is 12.9. The number of aliphatic hydroxyl groups is 2. The molecule has 3 rings (SSSR count). The number of aliphatic hydroxyl groups excluding tert-OH is 2. The first-order valence-corrected chi connectivity index (χ1v) is 8.91. The van der Waals surface area contributed by atoms with E-state index in [0.29, 0.717) is 24.1 Å². The standard InChI is InChI=1S/C21H23N3O3/c1-14-7-8-16(17(11-14)18-9-10-22-13-23-18)21(27)24-19(12-25)20(26)15-5-3-2-4-6-15/h2-8,11,13,19-20,25-26H,9-10,12H2,1H3,(H,24,27)/t19-,20-/m0/s1. The van der Waals surface area contributed by atoms with Gasteiger partial charge in [0.25, 0.3) is 5.91 Å². The van der Waals surface area contributed by atoms with E-state index < -0.39 is 12.1 Å². The number of benzene rings is 2. The van der Waals surface area contributed by atoms with Gasteiger partial charge in [0.15, 0.2) is 0 Å². The fourth-order valence-corrected chi connectivity index (χ4v) is 3.06. The second-order valence-corrected chi connectivity index (χ2v) is 6.51. The summed E-state index contributed by atoms with van der Waals surface area (Å²) in [5.74, 6) is -0.357. The molecule has 0 saturated heterocycles. The van der Waals surface area contributed by atoms with E-state index in [4.69, 9.17) is 0 Å². The second-order valence-electron chi connectivity index (χ2n) is 6.51. The van der Waals surface area contributed by atoms with Gasteiger partial charge in [-0.2, -0.15) is 0 Å². The van der Waals surface area contributed by atoms with Crippen LogP contribution in [0, 0.1) is 6.92 Å². The molecule has 0 aliphatic carbocycles. The fourth-order valence-electron chi connectivity index (χ4n) is 3.06. The highest BCUT2D eigenvalue weighted by Crippen LogP contribution is 2.19. The Kier molecular flexibility index (Phi) is 6.11. The van der Waals surface area contributed by atoms with E-state index in [-0.39, 0.29) is 12.5 Å². The molecule has 0 bridgehead atoms. The Hall–Kier alpha value is -2.83. The van der Waals surface area contributed by atoms with Gasteiger partial charge in [-0.15, -0.1) is 0 Å². The first-order valence-electron chi connectivity index (χ1n) is 8.91. The molecule has 1 heterocycles. The molecule has 0 aromatic heterocycles. The van der Waals surface area contributed by atoms with Gasteiger partial charge in [0.05, 0.1) is 18.4 Å². The van der Waals surface area contributed by atoms with E-state index in [0.717, 1.165) is 16.8 Å². The summed E-state index contributed by atoms with van der Waals surface area (Å²) in [4.78, 5) is 21.3. The van der Waals surface area contributed by atoms with Crippen molar-refractivity contribution in [3.63, 3.8) is 0 Å². The Morgan fingerprint density at radius 1 is 1.22 bits per heavy atom. The molecule has 1 aliphatic rings. The molecule has 0 unspecified atom stereocenters. The summed E-state index contributed by atoms with van der Waals surface area (Å²) in [5, 5.41) is 23.0. The number of aryl methyl sites for hydroxylation is 1. The van der Waals surface area contributed by atoms with Gasteiger partial charge in [-0.05, 0) is 24.6 Å². The molecule has 0 radical (unpaired) electrons. The number of amides is 1. The third-order valence-electron chi connectivity index (χ3n) is 4.54. The number of hydrogen-bond donors (Lipinski definition) is 3. The number of rotatable bonds is 6. The summed E-state index contributed by atoms with van der Waals surface area (Å²) in [5.41, 5.74) is 3.68. The van der Waals surface area contributed by atoms with Gasteiger partial charge < -0.3 is 15.5 Å². The maximum atomic E-state index is 12.9. The molecule has 0 saturated carbocycles. The topological polar surface area (TPSA) is 94.3 Å². The monoisotopic (exact) mass is 365 g/mol. The number of carbonyl (C=O) groups is 1. The second kappa shape index (κ2) is 8.70. The normalized spacial score (nSPS) is 15.7. The van der Waals surface area contributed by atoms with Crippen molar-refractivity contribution in [2.45, 2.75) is 25.5 Å². The summed E-state index contributed by atoms with van der Waals surface area (Å²) < 4.78 is 0. The third-order valence-corrected chi connectivity index (χ3v) is 4.54. The summed E-state index contributed by atoms with van der Waals surface area (Å²) in [7, 11) is 0. The molecule has 140 valence electrons. The van der Waals surface area contributed by atoms with Crippen molar-refractivity contribution >= 4 is 18.0 Å². The Labute approximate surface area is 158 Å². The quantitative estimate of drug-likeness (QED) is 0.731. The van der Waals surface area contributed by atoms with Gasteiger partial charge in [0, 0.05) is 24.1 Å². The molecule has 6 heteroatoms. The zero-order chi connectivity index (χ0) is 19.2. The van der Waals surface area contributed by atoms with Crippen LogP contribution in [0.3, 0.4) is 0 Å². The lowest BCUT2D eigenvalue weighted by molar-refractivity contribution is 0.0703. The van der Waals surface area contributed by atoms with Crippen molar-refractivity contribution in [2.24, 2.45) is 9.98 Å². The molecule has 2 aromatic carbocycles. The first-order chi connectivity index (χ1) is 13.1. The van der Waals surface area contributed by atoms with Crippen molar-refractivity contribution in [2.75, 3.05) is 13.2 Å². The highest BCUT2D eigenvalue weighted by Gasteiger charge is 2.24. The van der Waals surface area contributed by atoms with Crippen LogP contribution in [0.1, 0.15) is 39.6 Å². The van der Waals surface area contributed by atoms with E-state index in [1.807, 2.05) is 25.1 Å². The SMILES string of the molecule is Cc1ccc(C(=O)N[C@@H](CO)[C@@H](O)c2ccccc2)c(C2=NC=NCC2)c1. The number of hydrogen-bond acceptors (Lipinski definition) is 5. The van der Waals surface area contributed by atoms with Crippen LogP contribution >= 0.6 is 0 Å². The summed E-state index contributed by atoms with van der Waals surface area (Å²) in [6.45, 7) is 2.22. The van der Waals surface area contributed by atoms with Gasteiger partial charge in [0.1, 0.15) is 12.4 Å². The van der Waals surface area contributed by atoms with Crippen molar-refractivity contribution in [1.29, 1.82) is 0 Å². The lowest BCUT2D eigenvalue weighted by Gasteiger charge is -2.23. The zero-order valence-corrected chi connectivity index (χ0v) is 15.2. The van der Waals surface area contributed by atoms with Gasteiger partial charge >= 0.3 is 0 Å². The Morgan fingerprint density at radius 3 is 2.67 bits per heavy atom. The molecule has 2 atom stereocenters. The molecule has 2 aromatic rings. The molecule has 1 aliphatic heterocycles. The largest absolute Gasteiger partial charge is 0.394 e. The van der Waals surface area contributed by atoms with Crippen molar-refractivity contribution in [3.8, 4) is 0 Å². The molecule has 1 amide bonds. The molecule has 27 heavy (non-hydrogen) atoms. The van der Waals surface area contributed by atoms with Crippen molar-refractivity contribution in [3.05, 3.63) is 70.8 Å². The minimum Gasteiger partial charge on any atom is -0.394 e. The number of nitrogens with zero attached hydrogens (tertiary/aromatic N) is 2. The molecular weight excluding hydrogens is 342 g/mol. The van der Waals surface area contributed by atoms with E-state index in [2.05, 4.69) is 15.3 Å². The Morgan fingerprint density at radius 2 is 2.00 bits per heavy atom. The summed E-state index contributed by atoms with van der Waals surface area (Å²) in [6, 6.07) is 13.7. The van der Waals surface area contributed by atoms with Crippen LogP contribution in [0.2, 0.25) is 0 Å². The van der Waals surface area contributed by atoms with Gasteiger partial charge in [0.2, 0.25) is 0 Å². The van der Waals surface area contributed by atoms with Crippen molar-refractivity contribution in [1.82, 2.24) is 5.32 Å².